The second-order valence-corrected chi connectivity index (χ2v) is 5.12. The zero-order valence-corrected chi connectivity index (χ0v) is 11.5. The van der Waals surface area contributed by atoms with Crippen molar-refractivity contribution in [3.05, 3.63) is 35.4 Å². The van der Waals surface area contributed by atoms with E-state index in [1.54, 1.807) is 0 Å². The topological polar surface area (TPSA) is 3.24 Å². The van der Waals surface area contributed by atoms with E-state index >= 15 is 0 Å². The molecule has 1 rings (SSSR count). The largest absolute Gasteiger partial charge is 0.298 e. The molecule has 0 fully saturated rings. The van der Waals surface area contributed by atoms with Crippen LogP contribution in [0.25, 0.3) is 0 Å². The van der Waals surface area contributed by atoms with Crippen LogP contribution in [0.1, 0.15) is 37.8 Å². The molecule has 0 aromatic heterocycles. The van der Waals surface area contributed by atoms with Crippen molar-refractivity contribution >= 4 is 11.6 Å². The van der Waals surface area contributed by atoms with E-state index in [1.165, 1.54) is 11.1 Å². The highest BCUT2D eigenvalue weighted by atomic mass is 35.5. The molecule has 2 heteroatoms. The van der Waals surface area contributed by atoms with Crippen molar-refractivity contribution in [3.8, 4) is 0 Å². The molecule has 0 saturated heterocycles. The van der Waals surface area contributed by atoms with Gasteiger partial charge < -0.3 is 0 Å². The molecular formula is C14H22ClN. The Kier molecular flexibility index (Phi) is 5.30. The highest BCUT2D eigenvalue weighted by Gasteiger charge is 2.08. The van der Waals surface area contributed by atoms with Crippen LogP contribution in [-0.2, 0) is 6.54 Å². The summed E-state index contributed by atoms with van der Waals surface area (Å²) in [4.78, 5) is 2.28. The third kappa shape index (κ3) is 3.80. The van der Waals surface area contributed by atoms with Crippen LogP contribution < -0.4 is 0 Å². The predicted octanol–water partition coefficient (Wildman–Crippen LogP) is 3.87. The van der Waals surface area contributed by atoms with Crippen molar-refractivity contribution < 1.29 is 0 Å². The zero-order valence-electron chi connectivity index (χ0n) is 10.7. The summed E-state index contributed by atoms with van der Waals surface area (Å²) in [6.45, 7) is 7.55. The van der Waals surface area contributed by atoms with Gasteiger partial charge in [-0.25, -0.2) is 0 Å². The number of alkyl halides is 1. The number of rotatable bonds is 5. The molecule has 0 aliphatic heterocycles. The van der Waals surface area contributed by atoms with Crippen molar-refractivity contribution in [2.75, 3.05) is 12.9 Å². The first kappa shape index (κ1) is 13.5. The molecule has 1 aromatic carbocycles. The summed E-state index contributed by atoms with van der Waals surface area (Å²) in [5.74, 6) is 1.29. The molecule has 0 heterocycles. The van der Waals surface area contributed by atoms with Crippen LogP contribution in [-0.4, -0.2) is 23.9 Å². The average molecular weight is 240 g/mol. The zero-order chi connectivity index (χ0) is 12.1. The predicted molar refractivity (Wildman–Crippen MR) is 72.2 cm³/mol. The van der Waals surface area contributed by atoms with Gasteiger partial charge in [0.1, 0.15) is 0 Å². The second-order valence-electron chi connectivity index (χ2n) is 4.81. The third-order valence-corrected chi connectivity index (χ3v) is 3.50. The van der Waals surface area contributed by atoms with Gasteiger partial charge >= 0.3 is 0 Å². The minimum absolute atomic E-state index is 0.423. The van der Waals surface area contributed by atoms with E-state index in [0.29, 0.717) is 17.8 Å². The lowest BCUT2D eigenvalue weighted by molar-refractivity contribution is 0.268. The second kappa shape index (κ2) is 6.27. The van der Waals surface area contributed by atoms with Gasteiger partial charge in [-0.15, -0.1) is 11.6 Å². The molecule has 1 aromatic rings. The van der Waals surface area contributed by atoms with Crippen molar-refractivity contribution in [3.63, 3.8) is 0 Å². The number of halogens is 1. The molecule has 0 saturated carbocycles. The molecule has 0 spiro atoms. The lowest BCUT2D eigenvalue weighted by Crippen LogP contribution is -2.29. The summed E-state index contributed by atoms with van der Waals surface area (Å²) in [6.07, 6.45) is 0. The Labute approximate surface area is 104 Å². The van der Waals surface area contributed by atoms with Gasteiger partial charge in [0, 0.05) is 18.5 Å². The van der Waals surface area contributed by atoms with E-state index in [2.05, 4.69) is 57.0 Å². The van der Waals surface area contributed by atoms with Gasteiger partial charge in [0.05, 0.1) is 0 Å². The maximum atomic E-state index is 5.84. The van der Waals surface area contributed by atoms with Crippen molar-refractivity contribution in [2.24, 2.45) is 0 Å². The van der Waals surface area contributed by atoms with Crippen molar-refractivity contribution in [1.29, 1.82) is 0 Å². The first-order valence-corrected chi connectivity index (χ1v) is 6.43. The van der Waals surface area contributed by atoms with Crippen LogP contribution in [0.4, 0.5) is 0 Å². The Hall–Kier alpha value is -0.530. The average Bonchev–Trinajstić information content (AvgIpc) is 2.28. The summed E-state index contributed by atoms with van der Waals surface area (Å²) < 4.78 is 0. The highest BCUT2D eigenvalue weighted by Crippen LogP contribution is 2.15. The van der Waals surface area contributed by atoms with E-state index < -0.39 is 0 Å². The lowest BCUT2D eigenvalue weighted by Gasteiger charge is -2.22. The molecule has 0 aliphatic carbocycles. The van der Waals surface area contributed by atoms with Gasteiger partial charge in [-0.1, -0.05) is 38.1 Å². The van der Waals surface area contributed by atoms with Crippen LogP contribution in [0.5, 0.6) is 0 Å². The third-order valence-electron chi connectivity index (χ3n) is 3.05. The molecule has 1 atom stereocenters. The quantitative estimate of drug-likeness (QED) is 0.706. The van der Waals surface area contributed by atoms with Crippen LogP contribution in [0.15, 0.2) is 24.3 Å². The van der Waals surface area contributed by atoms with Crippen LogP contribution >= 0.6 is 11.6 Å². The Morgan fingerprint density at radius 1 is 1.12 bits per heavy atom. The maximum absolute atomic E-state index is 5.84. The SMILES string of the molecule is CC(C)c1ccc(CN(C)C(C)CCl)cc1. The van der Waals surface area contributed by atoms with Gasteiger partial charge in [-0.3, -0.25) is 4.90 Å². The fourth-order valence-corrected chi connectivity index (χ4v) is 1.81. The number of benzene rings is 1. The minimum atomic E-state index is 0.423. The van der Waals surface area contributed by atoms with Crippen LogP contribution in [0, 0.1) is 0 Å². The Morgan fingerprint density at radius 2 is 1.69 bits per heavy atom. The minimum Gasteiger partial charge on any atom is -0.298 e. The molecule has 90 valence electrons. The normalized spacial score (nSPS) is 13.4. The van der Waals surface area contributed by atoms with Crippen molar-refractivity contribution in [2.45, 2.75) is 39.3 Å². The smallest absolute Gasteiger partial charge is 0.0376 e. The fourth-order valence-electron chi connectivity index (χ4n) is 1.57. The lowest BCUT2D eigenvalue weighted by atomic mass is 10.0. The molecule has 16 heavy (non-hydrogen) atoms. The number of hydrogen-bond acceptors (Lipinski definition) is 1. The Morgan fingerprint density at radius 3 is 2.12 bits per heavy atom. The molecule has 1 nitrogen and oxygen atoms in total. The number of hydrogen-bond donors (Lipinski definition) is 0. The van der Waals surface area contributed by atoms with Gasteiger partial charge in [0.25, 0.3) is 0 Å². The van der Waals surface area contributed by atoms with Crippen LogP contribution in [0.3, 0.4) is 0 Å². The van der Waals surface area contributed by atoms with Gasteiger partial charge in [-0.2, -0.15) is 0 Å². The molecule has 0 amide bonds. The molecular weight excluding hydrogens is 218 g/mol. The molecule has 0 aliphatic rings. The van der Waals surface area contributed by atoms with E-state index in [4.69, 9.17) is 11.6 Å². The number of nitrogens with zero attached hydrogens (tertiary/aromatic N) is 1. The van der Waals surface area contributed by atoms with E-state index in [0.717, 1.165) is 6.54 Å². The first-order chi connectivity index (χ1) is 7.54. The maximum Gasteiger partial charge on any atom is 0.0376 e. The Balaban J connectivity index is 2.61. The summed E-state index contributed by atoms with van der Waals surface area (Å²) >= 11 is 5.84. The molecule has 1 unspecified atom stereocenters. The van der Waals surface area contributed by atoms with Gasteiger partial charge in [0.15, 0.2) is 0 Å². The molecule has 0 bridgehead atoms. The standard InChI is InChI=1S/C14H22ClN/c1-11(2)14-7-5-13(6-8-14)10-16(4)12(3)9-15/h5-8,11-12H,9-10H2,1-4H3. The summed E-state index contributed by atoms with van der Waals surface area (Å²) in [5, 5.41) is 0. The Bertz CT molecular complexity index is 305. The summed E-state index contributed by atoms with van der Waals surface area (Å²) in [5.41, 5.74) is 2.75. The fraction of sp³-hybridized carbons (Fsp3) is 0.571. The summed E-state index contributed by atoms with van der Waals surface area (Å²) in [7, 11) is 2.11. The summed E-state index contributed by atoms with van der Waals surface area (Å²) in [6, 6.07) is 9.30. The molecule has 0 N–H and O–H groups in total. The van der Waals surface area contributed by atoms with Gasteiger partial charge in [-0.05, 0) is 31.0 Å². The monoisotopic (exact) mass is 239 g/mol. The van der Waals surface area contributed by atoms with E-state index in [-0.39, 0.29) is 0 Å². The van der Waals surface area contributed by atoms with Crippen molar-refractivity contribution in [1.82, 2.24) is 4.90 Å². The highest BCUT2D eigenvalue weighted by molar-refractivity contribution is 6.18. The molecule has 0 radical (unpaired) electrons. The van der Waals surface area contributed by atoms with E-state index in [9.17, 15) is 0 Å². The first-order valence-electron chi connectivity index (χ1n) is 5.89. The van der Waals surface area contributed by atoms with Gasteiger partial charge in [0.2, 0.25) is 0 Å². The van der Waals surface area contributed by atoms with Crippen LogP contribution in [0.2, 0.25) is 0 Å². The van der Waals surface area contributed by atoms with E-state index in [1.807, 2.05) is 0 Å².